The summed E-state index contributed by atoms with van der Waals surface area (Å²) >= 11 is 12.2. The summed E-state index contributed by atoms with van der Waals surface area (Å²) in [6, 6.07) is 13.3. The zero-order valence-corrected chi connectivity index (χ0v) is 14.3. The van der Waals surface area contributed by atoms with Gasteiger partial charge in [-0.25, -0.2) is 0 Å². The SMILES string of the molecule is O=C1NC(Cc2ccccc2Cl)C(=O)NC1Cc1ccccc1Cl. The molecule has 1 heterocycles. The summed E-state index contributed by atoms with van der Waals surface area (Å²) in [7, 11) is 0. The summed E-state index contributed by atoms with van der Waals surface area (Å²) in [5, 5.41) is 6.72. The molecule has 2 N–H and O–H groups in total. The summed E-state index contributed by atoms with van der Waals surface area (Å²) in [4.78, 5) is 24.7. The second kappa shape index (κ2) is 7.24. The molecule has 1 fully saturated rings. The Morgan fingerprint density at radius 1 is 0.708 bits per heavy atom. The fourth-order valence-electron chi connectivity index (χ4n) is 2.73. The lowest BCUT2D eigenvalue weighted by atomic mass is 9.98. The predicted octanol–water partition coefficient (Wildman–Crippen LogP) is 2.76. The van der Waals surface area contributed by atoms with Gasteiger partial charge < -0.3 is 10.6 Å². The zero-order valence-electron chi connectivity index (χ0n) is 12.8. The molecule has 2 aromatic carbocycles. The van der Waals surface area contributed by atoms with Crippen LogP contribution in [0.25, 0.3) is 0 Å². The molecular weight excluding hydrogens is 347 g/mol. The van der Waals surface area contributed by atoms with E-state index in [2.05, 4.69) is 10.6 Å². The van der Waals surface area contributed by atoms with E-state index in [0.717, 1.165) is 11.1 Å². The minimum atomic E-state index is -0.625. The number of carbonyl (C=O) groups excluding carboxylic acids is 2. The quantitative estimate of drug-likeness (QED) is 0.878. The summed E-state index contributed by atoms with van der Waals surface area (Å²) in [6.45, 7) is 0. The van der Waals surface area contributed by atoms with E-state index in [1.165, 1.54) is 0 Å². The Kier molecular flexibility index (Phi) is 5.07. The van der Waals surface area contributed by atoms with Crippen molar-refractivity contribution in [3.05, 3.63) is 69.7 Å². The van der Waals surface area contributed by atoms with Gasteiger partial charge in [-0.15, -0.1) is 0 Å². The van der Waals surface area contributed by atoms with E-state index in [0.29, 0.717) is 22.9 Å². The van der Waals surface area contributed by atoms with E-state index in [9.17, 15) is 9.59 Å². The second-order valence-corrected chi connectivity index (χ2v) is 6.53. The van der Waals surface area contributed by atoms with Gasteiger partial charge in [0.25, 0.3) is 0 Å². The third-order valence-corrected chi connectivity index (χ3v) is 4.77. The van der Waals surface area contributed by atoms with Crippen LogP contribution in [0.3, 0.4) is 0 Å². The number of benzene rings is 2. The topological polar surface area (TPSA) is 58.2 Å². The molecule has 2 aromatic rings. The Labute approximate surface area is 150 Å². The van der Waals surface area contributed by atoms with Crippen LogP contribution in [0.1, 0.15) is 11.1 Å². The highest BCUT2D eigenvalue weighted by Gasteiger charge is 2.34. The first-order valence-corrected chi connectivity index (χ1v) is 8.38. The first-order chi connectivity index (χ1) is 11.5. The summed E-state index contributed by atoms with van der Waals surface area (Å²) in [5.41, 5.74) is 1.65. The Balaban J connectivity index is 1.68. The Morgan fingerprint density at radius 3 is 1.46 bits per heavy atom. The van der Waals surface area contributed by atoms with E-state index < -0.39 is 12.1 Å². The van der Waals surface area contributed by atoms with Gasteiger partial charge in [0, 0.05) is 22.9 Å². The molecule has 6 heteroatoms. The molecule has 0 aliphatic carbocycles. The monoisotopic (exact) mass is 362 g/mol. The third-order valence-electron chi connectivity index (χ3n) is 4.03. The highest BCUT2D eigenvalue weighted by Crippen LogP contribution is 2.20. The lowest BCUT2D eigenvalue weighted by Gasteiger charge is -2.30. The molecule has 2 atom stereocenters. The van der Waals surface area contributed by atoms with E-state index in [4.69, 9.17) is 23.2 Å². The van der Waals surface area contributed by atoms with Crippen molar-refractivity contribution in [2.45, 2.75) is 24.9 Å². The standard InChI is InChI=1S/C18H16Cl2N2O2/c19-13-7-3-1-5-11(13)9-15-17(23)22-16(18(24)21-15)10-12-6-2-4-8-14(12)20/h1-8,15-16H,9-10H2,(H,21,24)(H,22,23). The molecule has 2 unspecified atom stereocenters. The van der Waals surface area contributed by atoms with Crippen molar-refractivity contribution < 1.29 is 9.59 Å². The number of rotatable bonds is 4. The molecule has 0 radical (unpaired) electrons. The number of amides is 2. The molecule has 0 spiro atoms. The van der Waals surface area contributed by atoms with Crippen molar-refractivity contribution in [1.29, 1.82) is 0 Å². The van der Waals surface area contributed by atoms with Crippen molar-refractivity contribution in [2.75, 3.05) is 0 Å². The molecule has 1 aliphatic heterocycles. The van der Waals surface area contributed by atoms with Gasteiger partial charge >= 0.3 is 0 Å². The molecule has 3 rings (SSSR count). The molecule has 1 aliphatic rings. The van der Waals surface area contributed by atoms with E-state index >= 15 is 0 Å². The van der Waals surface area contributed by atoms with Crippen molar-refractivity contribution in [1.82, 2.24) is 10.6 Å². The van der Waals surface area contributed by atoms with Gasteiger partial charge in [-0.3, -0.25) is 9.59 Å². The van der Waals surface area contributed by atoms with Gasteiger partial charge in [-0.05, 0) is 23.3 Å². The number of carbonyl (C=O) groups is 2. The van der Waals surface area contributed by atoms with Crippen molar-refractivity contribution >= 4 is 35.0 Å². The van der Waals surface area contributed by atoms with Crippen LogP contribution in [0.5, 0.6) is 0 Å². The summed E-state index contributed by atoms with van der Waals surface area (Å²) < 4.78 is 0. The van der Waals surface area contributed by atoms with Crippen LogP contribution < -0.4 is 10.6 Å². The Hall–Kier alpha value is -2.04. The molecule has 0 saturated carbocycles. The second-order valence-electron chi connectivity index (χ2n) is 5.71. The van der Waals surface area contributed by atoms with Crippen molar-refractivity contribution in [2.24, 2.45) is 0 Å². The number of nitrogens with one attached hydrogen (secondary N) is 2. The number of halogens is 2. The molecule has 4 nitrogen and oxygen atoms in total. The van der Waals surface area contributed by atoms with E-state index in [1.807, 2.05) is 36.4 Å². The van der Waals surface area contributed by atoms with Crippen LogP contribution in [-0.2, 0) is 22.4 Å². The highest BCUT2D eigenvalue weighted by atomic mass is 35.5. The first-order valence-electron chi connectivity index (χ1n) is 7.62. The maximum atomic E-state index is 12.3. The molecule has 2 amide bonds. The zero-order chi connectivity index (χ0) is 17.1. The van der Waals surface area contributed by atoms with Crippen LogP contribution in [-0.4, -0.2) is 23.9 Å². The average molecular weight is 363 g/mol. The van der Waals surface area contributed by atoms with Crippen LogP contribution in [0.15, 0.2) is 48.5 Å². The van der Waals surface area contributed by atoms with E-state index in [-0.39, 0.29) is 11.8 Å². The van der Waals surface area contributed by atoms with E-state index in [1.54, 1.807) is 12.1 Å². The van der Waals surface area contributed by atoms with Gasteiger partial charge in [-0.2, -0.15) is 0 Å². The fraction of sp³-hybridized carbons (Fsp3) is 0.222. The average Bonchev–Trinajstić information content (AvgIpc) is 2.56. The number of hydrogen-bond donors (Lipinski definition) is 2. The summed E-state index contributed by atoms with van der Waals surface area (Å²) in [5.74, 6) is -0.432. The van der Waals surface area contributed by atoms with Gasteiger partial charge in [0.05, 0.1) is 0 Å². The molecule has 0 bridgehead atoms. The lowest BCUT2D eigenvalue weighted by Crippen LogP contribution is -2.62. The van der Waals surface area contributed by atoms with Crippen LogP contribution >= 0.6 is 23.2 Å². The minimum absolute atomic E-state index is 0.216. The van der Waals surface area contributed by atoms with Crippen LogP contribution in [0, 0.1) is 0 Å². The van der Waals surface area contributed by atoms with Gasteiger partial charge in [0.1, 0.15) is 12.1 Å². The summed E-state index contributed by atoms with van der Waals surface area (Å²) in [6.07, 6.45) is 0.714. The Morgan fingerprint density at radius 2 is 1.08 bits per heavy atom. The van der Waals surface area contributed by atoms with Gasteiger partial charge in [0.15, 0.2) is 0 Å². The Bertz CT molecular complexity index is 714. The molecular formula is C18H16Cl2N2O2. The highest BCUT2D eigenvalue weighted by molar-refractivity contribution is 6.31. The number of hydrogen-bond acceptors (Lipinski definition) is 2. The smallest absolute Gasteiger partial charge is 0.243 e. The predicted molar refractivity (Wildman–Crippen MR) is 94.2 cm³/mol. The third kappa shape index (κ3) is 3.71. The largest absolute Gasteiger partial charge is 0.342 e. The first kappa shape index (κ1) is 16.8. The normalized spacial score (nSPS) is 20.4. The van der Waals surface area contributed by atoms with Crippen molar-refractivity contribution in [3.8, 4) is 0 Å². The minimum Gasteiger partial charge on any atom is -0.342 e. The van der Waals surface area contributed by atoms with Crippen LogP contribution in [0.2, 0.25) is 10.0 Å². The van der Waals surface area contributed by atoms with Crippen molar-refractivity contribution in [3.63, 3.8) is 0 Å². The maximum Gasteiger partial charge on any atom is 0.243 e. The number of piperazine rings is 1. The fourth-order valence-corrected chi connectivity index (χ4v) is 3.16. The van der Waals surface area contributed by atoms with Gasteiger partial charge in [0.2, 0.25) is 11.8 Å². The lowest BCUT2D eigenvalue weighted by molar-refractivity contribution is -0.136. The van der Waals surface area contributed by atoms with Crippen LogP contribution in [0.4, 0.5) is 0 Å². The molecule has 1 saturated heterocycles. The molecule has 0 aromatic heterocycles. The molecule has 24 heavy (non-hydrogen) atoms. The molecule has 124 valence electrons. The van der Waals surface area contributed by atoms with Gasteiger partial charge in [-0.1, -0.05) is 59.6 Å². The maximum absolute atomic E-state index is 12.3.